The molecule has 0 spiro atoms. The zero-order valence-corrected chi connectivity index (χ0v) is 16.3. The lowest BCUT2D eigenvalue weighted by Crippen LogP contribution is -2.37. The van der Waals surface area contributed by atoms with E-state index in [9.17, 15) is 9.59 Å². The second-order valence-electron chi connectivity index (χ2n) is 7.82. The highest BCUT2D eigenvalue weighted by molar-refractivity contribution is 5.80. The third kappa shape index (κ3) is 3.84. The monoisotopic (exact) mass is 375 g/mol. The van der Waals surface area contributed by atoms with Crippen molar-refractivity contribution in [3.05, 3.63) is 76.2 Å². The number of nitrogens with zero attached hydrogens (tertiary/aromatic N) is 3. The number of carbonyl (C=O) groups is 1. The third-order valence-electron chi connectivity index (χ3n) is 5.35. The first kappa shape index (κ1) is 18.4. The van der Waals surface area contributed by atoms with Gasteiger partial charge in [0, 0.05) is 12.6 Å². The molecule has 5 nitrogen and oxygen atoms in total. The van der Waals surface area contributed by atoms with Crippen LogP contribution in [0.5, 0.6) is 0 Å². The van der Waals surface area contributed by atoms with Gasteiger partial charge in [-0.1, -0.05) is 50.2 Å². The molecule has 1 aromatic heterocycles. The van der Waals surface area contributed by atoms with Crippen molar-refractivity contribution >= 4 is 16.9 Å². The summed E-state index contributed by atoms with van der Waals surface area (Å²) < 4.78 is 1.53. The SMILES string of the molecule is CC(C)c1ccc(CN(C(=O)Cn2c(=O)cnc3ccccc32)C2CC2)cc1. The Bertz CT molecular complexity index is 1050. The molecule has 0 atom stereocenters. The van der Waals surface area contributed by atoms with Gasteiger partial charge < -0.3 is 4.90 Å². The Hall–Kier alpha value is -2.95. The van der Waals surface area contributed by atoms with E-state index in [1.165, 1.54) is 16.3 Å². The predicted octanol–water partition coefficient (Wildman–Crippen LogP) is 3.71. The Morgan fingerprint density at radius 3 is 2.54 bits per heavy atom. The highest BCUT2D eigenvalue weighted by Crippen LogP contribution is 2.29. The number of hydrogen-bond acceptors (Lipinski definition) is 3. The van der Waals surface area contributed by atoms with Crippen LogP contribution in [-0.4, -0.2) is 26.4 Å². The molecule has 144 valence electrons. The zero-order chi connectivity index (χ0) is 19.7. The number of benzene rings is 2. The Morgan fingerprint density at radius 1 is 1.14 bits per heavy atom. The second-order valence-corrected chi connectivity index (χ2v) is 7.82. The molecular formula is C23H25N3O2. The minimum absolute atomic E-state index is 0.0195. The van der Waals surface area contributed by atoms with Gasteiger partial charge in [0.25, 0.3) is 5.56 Å². The molecule has 5 heteroatoms. The summed E-state index contributed by atoms with van der Waals surface area (Å²) in [6.45, 7) is 4.97. The van der Waals surface area contributed by atoms with E-state index < -0.39 is 0 Å². The molecular weight excluding hydrogens is 350 g/mol. The van der Waals surface area contributed by atoms with Crippen LogP contribution in [0.1, 0.15) is 43.7 Å². The van der Waals surface area contributed by atoms with Crippen LogP contribution < -0.4 is 5.56 Å². The fraction of sp³-hybridized carbons (Fsp3) is 0.348. The number of aromatic nitrogens is 2. The molecule has 28 heavy (non-hydrogen) atoms. The lowest BCUT2D eigenvalue weighted by atomic mass is 10.0. The van der Waals surface area contributed by atoms with Crippen LogP contribution in [0, 0.1) is 0 Å². The predicted molar refractivity (Wildman–Crippen MR) is 110 cm³/mol. The highest BCUT2D eigenvalue weighted by atomic mass is 16.2. The summed E-state index contributed by atoms with van der Waals surface area (Å²) in [6, 6.07) is 16.2. The fourth-order valence-corrected chi connectivity index (χ4v) is 3.52. The van der Waals surface area contributed by atoms with Gasteiger partial charge in [-0.2, -0.15) is 0 Å². The van der Waals surface area contributed by atoms with Crippen LogP contribution in [0.3, 0.4) is 0 Å². The van der Waals surface area contributed by atoms with E-state index in [1.54, 1.807) is 0 Å². The molecule has 1 saturated carbocycles. The summed E-state index contributed by atoms with van der Waals surface area (Å²) in [4.78, 5) is 31.6. The van der Waals surface area contributed by atoms with Crippen LogP contribution in [0.2, 0.25) is 0 Å². The average Bonchev–Trinajstić information content (AvgIpc) is 3.53. The van der Waals surface area contributed by atoms with E-state index in [0.717, 1.165) is 23.9 Å². The first-order chi connectivity index (χ1) is 13.5. The maximum absolute atomic E-state index is 13.1. The molecule has 0 aliphatic heterocycles. The summed E-state index contributed by atoms with van der Waals surface area (Å²) in [5.74, 6) is 0.468. The molecule has 0 bridgehead atoms. The Labute approximate surface area is 164 Å². The topological polar surface area (TPSA) is 55.2 Å². The van der Waals surface area contributed by atoms with Crippen LogP contribution >= 0.6 is 0 Å². The highest BCUT2D eigenvalue weighted by Gasteiger charge is 2.32. The van der Waals surface area contributed by atoms with Crippen molar-refractivity contribution in [3.63, 3.8) is 0 Å². The van der Waals surface area contributed by atoms with Crippen molar-refractivity contribution in [2.24, 2.45) is 0 Å². The average molecular weight is 375 g/mol. The van der Waals surface area contributed by atoms with E-state index in [4.69, 9.17) is 0 Å². The van der Waals surface area contributed by atoms with Crippen molar-refractivity contribution in [2.75, 3.05) is 0 Å². The summed E-state index contributed by atoms with van der Waals surface area (Å²) in [6.07, 6.45) is 3.35. The summed E-state index contributed by atoms with van der Waals surface area (Å²) in [5.41, 5.74) is 3.58. The van der Waals surface area contributed by atoms with Gasteiger partial charge in [-0.05, 0) is 42.0 Å². The van der Waals surface area contributed by atoms with Gasteiger partial charge in [0.15, 0.2) is 0 Å². The van der Waals surface area contributed by atoms with Crippen molar-refractivity contribution in [2.45, 2.75) is 51.7 Å². The molecule has 1 aliphatic carbocycles. The molecule has 0 radical (unpaired) electrons. The number of amides is 1. The molecule has 1 fully saturated rings. The largest absolute Gasteiger partial charge is 0.334 e. The molecule has 1 heterocycles. The van der Waals surface area contributed by atoms with Crippen LogP contribution in [0.25, 0.3) is 11.0 Å². The van der Waals surface area contributed by atoms with E-state index in [1.807, 2.05) is 29.2 Å². The van der Waals surface area contributed by atoms with Gasteiger partial charge in [-0.3, -0.25) is 14.2 Å². The Morgan fingerprint density at radius 2 is 1.86 bits per heavy atom. The summed E-state index contributed by atoms with van der Waals surface area (Å²) in [5, 5.41) is 0. The van der Waals surface area contributed by atoms with Crippen molar-refractivity contribution in [1.82, 2.24) is 14.5 Å². The van der Waals surface area contributed by atoms with E-state index in [-0.39, 0.29) is 24.1 Å². The minimum atomic E-state index is -0.246. The molecule has 3 aromatic rings. The van der Waals surface area contributed by atoms with Gasteiger partial charge >= 0.3 is 0 Å². The van der Waals surface area contributed by atoms with Crippen molar-refractivity contribution < 1.29 is 4.79 Å². The van der Waals surface area contributed by atoms with Crippen LogP contribution in [0.15, 0.2) is 59.5 Å². The number of para-hydroxylation sites is 2. The molecule has 0 saturated heterocycles. The quantitative estimate of drug-likeness (QED) is 0.660. The second kappa shape index (κ2) is 7.58. The lowest BCUT2D eigenvalue weighted by molar-refractivity contribution is -0.133. The number of fused-ring (bicyclic) bond motifs is 1. The van der Waals surface area contributed by atoms with E-state index in [0.29, 0.717) is 18.0 Å². The number of carbonyl (C=O) groups excluding carboxylic acids is 1. The Kier molecular flexibility index (Phi) is 4.99. The number of hydrogen-bond donors (Lipinski definition) is 0. The number of rotatable bonds is 6. The van der Waals surface area contributed by atoms with Crippen LogP contribution in [-0.2, 0) is 17.9 Å². The Balaban J connectivity index is 1.57. The lowest BCUT2D eigenvalue weighted by Gasteiger charge is -2.23. The smallest absolute Gasteiger partial charge is 0.269 e. The van der Waals surface area contributed by atoms with Crippen molar-refractivity contribution in [3.8, 4) is 0 Å². The fourth-order valence-electron chi connectivity index (χ4n) is 3.52. The molecule has 2 aromatic carbocycles. The summed E-state index contributed by atoms with van der Waals surface area (Å²) in [7, 11) is 0. The van der Waals surface area contributed by atoms with Gasteiger partial charge in [0.1, 0.15) is 6.54 Å². The first-order valence-electron chi connectivity index (χ1n) is 9.86. The van der Waals surface area contributed by atoms with Crippen molar-refractivity contribution in [1.29, 1.82) is 0 Å². The first-order valence-corrected chi connectivity index (χ1v) is 9.86. The standard InChI is InChI=1S/C23H25N3O2/c1-16(2)18-9-7-17(8-10-18)14-25(19-11-12-19)23(28)15-26-21-6-4-3-5-20(21)24-13-22(26)27/h3-10,13,16,19H,11-12,14-15H2,1-2H3. The summed E-state index contributed by atoms with van der Waals surface area (Å²) >= 11 is 0. The molecule has 1 amide bonds. The van der Waals surface area contributed by atoms with Gasteiger partial charge in [-0.25, -0.2) is 4.98 Å². The molecule has 0 unspecified atom stereocenters. The maximum Gasteiger partial charge on any atom is 0.269 e. The van der Waals surface area contributed by atoms with Gasteiger partial charge in [-0.15, -0.1) is 0 Å². The zero-order valence-electron chi connectivity index (χ0n) is 16.3. The normalized spacial score (nSPS) is 13.8. The third-order valence-corrected chi connectivity index (χ3v) is 5.35. The molecule has 1 aliphatic rings. The van der Waals surface area contributed by atoms with E-state index >= 15 is 0 Å². The van der Waals surface area contributed by atoms with Crippen LogP contribution in [0.4, 0.5) is 0 Å². The minimum Gasteiger partial charge on any atom is -0.334 e. The van der Waals surface area contributed by atoms with E-state index in [2.05, 4.69) is 43.1 Å². The van der Waals surface area contributed by atoms with Gasteiger partial charge in [0.2, 0.25) is 5.91 Å². The maximum atomic E-state index is 13.1. The molecule has 4 rings (SSSR count). The molecule has 0 N–H and O–H groups in total. The van der Waals surface area contributed by atoms with Gasteiger partial charge in [0.05, 0.1) is 17.2 Å².